The van der Waals surface area contributed by atoms with Gasteiger partial charge in [-0.2, -0.15) is 0 Å². The van der Waals surface area contributed by atoms with Crippen molar-refractivity contribution in [2.75, 3.05) is 34.0 Å². The van der Waals surface area contributed by atoms with Crippen molar-refractivity contribution in [3.8, 4) is 11.5 Å². The zero-order valence-electron chi connectivity index (χ0n) is 14.8. The summed E-state index contributed by atoms with van der Waals surface area (Å²) in [6, 6.07) is 5.77. The lowest BCUT2D eigenvalue weighted by atomic mass is 10.2. The molecule has 0 spiro atoms. The van der Waals surface area contributed by atoms with Gasteiger partial charge in [-0.3, -0.25) is 4.79 Å². The monoisotopic (exact) mass is 334 g/mol. The summed E-state index contributed by atoms with van der Waals surface area (Å²) >= 11 is 0. The normalized spacial score (nSPS) is 13.1. The van der Waals surface area contributed by atoms with Gasteiger partial charge in [-0.05, 0) is 23.6 Å². The van der Waals surface area contributed by atoms with Crippen molar-refractivity contribution in [3.63, 3.8) is 0 Å². The second-order valence-electron chi connectivity index (χ2n) is 6.27. The fourth-order valence-corrected chi connectivity index (χ4v) is 2.00. The summed E-state index contributed by atoms with van der Waals surface area (Å²) in [5.74, 6) is 2.60. The molecule has 1 aromatic rings. The first kappa shape index (κ1) is 17.9. The molecule has 2 N–H and O–H groups in total. The van der Waals surface area contributed by atoms with E-state index in [0.29, 0.717) is 18.4 Å². The fraction of sp³-hybridized carbons (Fsp3) is 0.529. The lowest BCUT2D eigenvalue weighted by Crippen LogP contribution is -2.44. The highest BCUT2D eigenvalue weighted by Gasteiger charge is 2.13. The summed E-state index contributed by atoms with van der Waals surface area (Å²) in [5, 5.41) is 6.32. The van der Waals surface area contributed by atoms with Gasteiger partial charge in [0.25, 0.3) is 0 Å². The minimum atomic E-state index is -0.00266. The number of aliphatic imine (C=N–C) groups is 1. The molecule has 0 saturated heterocycles. The Bertz CT molecular complexity index is 599. The molecule has 132 valence electrons. The summed E-state index contributed by atoms with van der Waals surface area (Å²) in [7, 11) is 3.46. The Kier molecular flexibility index (Phi) is 6.28. The van der Waals surface area contributed by atoms with Crippen LogP contribution in [0.2, 0.25) is 0 Å². The molecule has 0 atom stereocenters. The van der Waals surface area contributed by atoms with Crippen LogP contribution in [0.4, 0.5) is 0 Å². The zero-order chi connectivity index (χ0) is 17.5. The van der Waals surface area contributed by atoms with E-state index in [2.05, 4.69) is 29.5 Å². The van der Waals surface area contributed by atoms with Gasteiger partial charge in [-0.25, -0.2) is 4.99 Å². The SMILES string of the molecule is CC(C)CNC(=NCc1ccc2c(c1)OCO2)NCC(=O)N(C)C. The lowest BCUT2D eigenvalue weighted by Gasteiger charge is -2.16. The van der Waals surface area contributed by atoms with Gasteiger partial charge in [0.2, 0.25) is 12.7 Å². The smallest absolute Gasteiger partial charge is 0.241 e. The van der Waals surface area contributed by atoms with Crippen LogP contribution in [-0.2, 0) is 11.3 Å². The maximum absolute atomic E-state index is 11.7. The largest absolute Gasteiger partial charge is 0.454 e. The molecule has 1 amide bonds. The van der Waals surface area contributed by atoms with Gasteiger partial charge in [0.15, 0.2) is 17.5 Å². The molecule has 1 heterocycles. The van der Waals surface area contributed by atoms with E-state index in [0.717, 1.165) is 23.6 Å². The van der Waals surface area contributed by atoms with E-state index < -0.39 is 0 Å². The van der Waals surface area contributed by atoms with Crippen LogP contribution in [0.1, 0.15) is 19.4 Å². The van der Waals surface area contributed by atoms with E-state index in [4.69, 9.17) is 9.47 Å². The topological polar surface area (TPSA) is 75.2 Å². The molecule has 0 radical (unpaired) electrons. The highest BCUT2D eigenvalue weighted by Crippen LogP contribution is 2.32. The third-order valence-corrected chi connectivity index (χ3v) is 3.44. The van der Waals surface area contributed by atoms with E-state index >= 15 is 0 Å². The van der Waals surface area contributed by atoms with E-state index in [1.807, 2.05) is 18.2 Å². The predicted octanol–water partition coefficient (Wildman–Crippen LogP) is 1.19. The van der Waals surface area contributed by atoms with Crippen molar-refractivity contribution in [3.05, 3.63) is 23.8 Å². The van der Waals surface area contributed by atoms with E-state index in [9.17, 15) is 4.79 Å². The average molecular weight is 334 g/mol. The van der Waals surface area contributed by atoms with Gasteiger partial charge in [-0.1, -0.05) is 19.9 Å². The first-order valence-corrected chi connectivity index (χ1v) is 8.06. The molecule has 0 fully saturated rings. The van der Waals surface area contributed by atoms with Crippen LogP contribution < -0.4 is 20.1 Å². The fourth-order valence-electron chi connectivity index (χ4n) is 2.00. The second kappa shape index (κ2) is 8.42. The molecule has 7 heteroatoms. The van der Waals surface area contributed by atoms with Gasteiger partial charge in [0.1, 0.15) is 0 Å². The third kappa shape index (κ3) is 5.33. The van der Waals surface area contributed by atoms with E-state index in [-0.39, 0.29) is 19.2 Å². The first-order chi connectivity index (χ1) is 11.5. The molecule has 7 nitrogen and oxygen atoms in total. The predicted molar refractivity (Wildman–Crippen MR) is 93.2 cm³/mol. The van der Waals surface area contributed by atoms with Crippen LogP contribution in [0, 0.1) is 5.92 Å². The van der Waals surface area contributed by atoms with Gasteiger partial charge in [0, 0.05) is 20.6 Å². The first-order valence-electron chi connectivity index (χ1n) is 8.06. The number of nitrogens with zero attached hydrogens (tertiary/aromatic N) is 2. The molecule has 0 bridgehead atoms. The Morgan fingerprint density at radius 1 is 1.25 bits per heavy atom. The van der Waals surface area contributed by atoms with Crippen LogP contribution >= 0.6 is 0 Å². The highest BCUT2D eigenvalue weighted by molar-refractivity contribution is 5.86. The maximum atomic E-state index is 11.7. The number of rotatable bonds is 6. The number of likely N-dealkylation sites (N-methyl/N-ethyl adjacent to an activating group) is 1. The quantitative estimate of drug-likeness (QED) is 0.604. The number of fused-ring (bicyclic) bond motifs is 1. The number of nitrogens with one attached hydrogen (secondary N) is 2. The Morgan fingerprint density at radius 2 is 2.00 bits per heavy atom. The van der Waals surface area contributed by atoms with Crippen molar-refractivity contribution in [2.24, 2.45) is 10.9 Å². The standard InChI is InChI=1S/C17H26N4O3/c1-12(2)8-18-17(20-10-16(22)21(3)4)19-9-13-5-6-14-15(7-13)24-11-23-14/h5-7,12H,8-11H2,1-4H3,(H2,18,19,20). The second-order valence-corrected chi connectivity index (χ2v) is 6.27. The van der Waals surface area contributed by atoms with Gasteiger partial charge < -0.3 is 25.0 Å². The van der Waals surface area contributed by atoms with Crippen LogP contribution in [0.5, 0.6) is 11.5 Å². The number of amides is 1. The number of guanidine groups is 1. The van der Waals surface area contributed by atoms with Crippen LogP contribution in [0.25, 0.3) is 0 Å². The molecule has 0 aliphatic carbocycles. The van der Waals surface area contributed by atoms with Gasteiger partial charge in [-0.15, -0.1) is 0 Å². The van der Waals surface area contributed by atoms with Crippen LogP contribution in [0.15, 0.2) is 23.2 Å². The summed E-state index contributed by atoms with van der Waals surface area (Å²) in [6.07, 6.45) is 0. The minimum absolute atomic E-state index is 0.00266. The van der Waals surface area contributed by atoms with E-state index in [1.165, 1.54) is 0 Å². The number of hydrogen-bond acceptors (Lipinski definition) is 4. The molecule has 1 aromatic carbocycles. The molecule has 0 unspecified atom stereocenters. The number of carbonyl (C=O) groups is 1. The Labute approximate surface area is 143 Å². The average Bonchev–Trinajstić information content (AvgIpc) is 3.01. The molecular formula is C17H26N4O3. The summed E-state index contributed by atoms with van der Waals surface area (Å²) in [6.45, 7) is 5.97. The lowest BCUT2D eigenvalue weighted by molar-refractivity contribution is -0.127. The summed E-state index contributed by atoms with van der Waals surface area (Å²) < 4.78 is 10.7. The molecule has 0 aromatic heterocycles. The van der Waals surface area contributed by atoms with Crippen molar-refractivity contribution in [2.45, 2.75) is 20.4 Å². The third-order valence-electron chi connectivity index (χ3n) is 3.44. The zero-order valence-corrected chi connectivity index (χ0v) is 14.8. The van der Waals surface area contributed by atoms with Gasteiger partial charge in [0.05, 0.1) is 13.1 Å². The van der Waals surface area contributed by atoms with Crippen molar-refractivity contribution in [1.82, 2.24) is 15.5 Å². The molecular weight excluding hydrogens is 308 g/mol. The molecule has 0 saturated carbocycles. The van der Waals surface area contributed by atoms with Crippen molar-refractivity contribution in [1.29, 1.82) is 0 Å². The van der Waals surface area contributed by atoms with Crippen molar-refractivity contribution >= 4 is 11.9 Å². The number of ether oxygens (including phenoxy) is 2. The number of carbonyl (C=O) groups excluding carboxylic acids is 1. The van der Waals surface area contributed by atoms with Gasteiger partial charge >= 0.3 is 0 Å². The van der Waals surface area contributed by atoms with Crippen molar-refractivity contribution < 1.29 is 14.3 Å². The number of benzene rings is 1. The minimum Gasteiger partial charge on any atom is -0.454 e. The van der Waals surface area contributed by atoms with Crippen LogP contribution in [0.3, 0.4) is 0 Å². The molecule has 24 heavy (non-hydrogen) atoms. The molecule has 1 aliphatic heterocycles. The molecule has 2 rings (SSSR count). The Hall–Kier alpha value is -2.44. The Balaban J connectivity index is 1.99. The highest BCUT2D eigenvalue weighted by atomic mass is 16.7. The maximum Gasteiger partial charge on any atom is 0.241 e. The Morgan fingerprint density at radius 3 is 2.71 bits per heavy atom. The van der Waals surface area contributed by atoms with E-state index in [1.54, 1.807) is 19.0 Å². The molecule has 1 aliphatic rings. The summed E-state index contributed by atoms with van der Waals surface area (Å²) in [4.78, 5) is 17.8. The van der Waals surface area contributed by atoms with Crippen LogP contribution in [-0.4, -0.2) is 50.7 Å². The number of hydrogen-bond donors (Lipinski definition) is 2. The summed E-state index contributed by atoms with van der Waals surface area (Å²) in [5.41, 5.74) is 1.02.